The van der Waals surface area contributed by atoms with Gasteiger partial charge in [0.25, 0.3) is 12.4 Å². The summed E-state index contributed by atoms with van der Waals surface area (Å²) < 4.78 is 23.6. The van der Waals surface area contributed by atoms with Gasteiger partial charge in [-0.15, -0.1) is 0 Å². The summed E-state index contributed by atoms with van der Waals surface area (Å²) in [6.45, 7) is 7.94. The van der Waals surface area contributed by atoms with E-state index in [2.05, 4.69) is 31.0 Å². The molecule has 2 N–H and O–H groups in total. The Balaban J connectivity index is 0.00000147. The largest absolute Gasteiger partial charge is 0.483 e. The Hall–Kier alpha value is -2.95. The molecule has 3 heterocycles. The molecule has 1 aromatic carbocycles. The number of nitrogens with one attached hydrogen (secondary N) is 1. The smallest absolute Gasteiger partial charge is 0.290 e. The summed E-state index contributed by atoms with van der Waals surface area (Å²) in [6, 6.07) is 6.29. The summed E-state index contributed by atoms with van der Waals surface area (Å²) in [5.74, 6) is 1.16. The molecule has 0 spiro atoms. The van der Waals surface area contributed by atoms with Crippen LogP contribution in [0.15, 0.2) is 29.2 Å². The Bertz CT molecular complexity index is 1180. The fraction of sp³-hybridized carbons (Fsp3) is 0.667. The quantitative estimate of drug-likeness (QED) is 0.514. The minimum atomic E-state index is -3.33. The zero-order valence-corrected chi connectivity index (χ0v) is 25.4. The van der Waals surface area contributed by atoms with Crippen molar-refractivity contribution in [1.82, 2.24) is 15.1 Å². The van der Waals surface area contributed by atoms with E-state index in [1.165, 1.54) is 12.1 Å². The number of carbonyl (C=O) groups excluding carboxylic acids is 3. The second-order valence-corrected chi connectivity index (χ2v) is 14.3. The molecular formula is C30H45N3O7S. The second kappa shape index (κ2) is 14.3. The van der Waals surface area contributed by atoms with Crippen molar-refractivity contribution in [3.05, 3.63) is 29.8 Å². The first-order valence-electron chi connectivity index (χ1n) is 14.6. The lowest BCUT2D eigenvalue weighted by Crippen LogP contribution is -2.60. The molecule has 10 nitrogen and oxygen atoms in total. The van der Waals surface area contributed by atoms with Crippen LogP contribution in [0.3, 0.4) is 0 Å². The molecule has 228 valence electrons. The maximum atomic E-state index is 13.5. The minimum Gasteiger partial charge on any atom is -0.483 e. The molecule has 1 aromatic rings. The first kappa shape index (κ1) is 32.6. The van der Waals surface area contributed by atoms with Gasteiger partial charge in [0.05, 0.1) is 4.90 Å². The van der Waals surface area contributed by atoms with E-state index in [0.29, 0.717) is 50.4 Å². The third kappa shape index (κ3) is 8.77. The van der Waals surface area contributed by atoms with Crippen molar-refractivity contribution in [2.75, 3.05) is 25.9 Å². The number of carbonyl (C=O) groups is 4. The summed E-state index contributed by atoms with van der Waals surface area (Å²) >= 11 is 0. The molecule has 0 aromatic heterocycles. The summed E-state index contributed by atoms with van der Waals surface area (Å²) in [4.78, 5) is 52.1. The molecule has 0 saturated carbocycles. The van der Waals surface area contributed by atoms with Crippen LogP contribution < -0.4 is 5.32 Å². The number of hydrogen-bond donors (Lipinski definition) is 2. The Labute approximate surface area is 243 Å². The number of benzene rings is 1. The molecule has 5 atom stereocenters. The van der Waals surface area contributed by atoms with Gasteiger partial charge in [0.1, 0.15) is 0 Å². The molecule has 4 rings (SSSR count). The van der Waals surface area contributed by atoms with E-state index >= 15 is 0 Å². The standard InChI is InChI=1S/C29H43N3O5S.CH2O2/c1-19(2)25-13-8-20(3)14-28(34)32-17-21-15-23(26(32)6-5-7-27(33)30-25)18-31(16-21)29(35)22-9-11-24(12-10-22)38(4,36)37;2-1-3/h9-12,19-21,23,25-26H,5-8,13-18H2,1-4H3,(H,30,33);1H,(H,2,3)/t20-,21+,23-,25+,26+;/m1./s1. The van der Waals surface area contributed by atoms with Crippen LogP contribution in [-0.4, -0.2) is 85.5 Å². The molecule has 3 saturated heterocycles. The van der Waals surface area contributed by atoms with Gasteiger partial charge >= 0.3 is 0 Å². The molecule has 0 radical (unpaired) electrons. The number of carboxylic acid groups (broad SMARTS) is 1. The fourth-order valence-electron chi connectivity index (χ4n) is 6.50. The number of fused-ring (bicyclic) bond motifs is 4. The molecule has 3 aliphatic heterocycles. The van der Waals surface area contributed by atoms with Gasteiger partial charge in [-0.25, -0.2) is 8.42 Å². The SMILES string of the molecule is CC(C)[C@@H]1CC[C@@H](C)CC(=O)N2C[C@H]3C[C@H](CN(C(=O)c4ccc(S(C)(=O)=O)cc4)C3)[C@@H]2CCCC(=O)N1.O=CO. The predicted octanol–water partition coefficient (Wildman–Crippen LogP) is 3.21. The van der Waals surface area contributed by atoms with Crippen molar-refractivity contribution in [1.29, 1.82) is 0 Å². The summed E-state index contributed by atoms with van der Waals surface area (Å²) in [6.07, 6.45) is 6.34. The third-order valence-corrected chi connectivity index (χ3v) is 9.78. The Kier molecular flexibility index (Phi) is 11.3. The Morgan fingerprint density at radius 2 is 1.73 bits per heavy atom. The van der Waals surface area contributed by atoms with Crippen molar-refractivity contribution in [2.24, 2.45) is 23.7 Å². The predicted molar refractivity (Wildman–Crippen MR) is 155 cm³/mol. The average Bonchev–Trinajstić information content (AvgIpc) is 2.91. The zero-order valence-electron chi connectivity index (χ0n) is 24.6. The van der Waals surface area contributed by atoms with Crippen molar-refractivity contribution in [3.8, 4) is 0 Å². The summed E-state index contributed by atoms with van der Waals surface area (Å²) in [7, 11) is -3.33. The van der Waals surface area contributed by atoms with Crippen LogP contribution in [0.4, 0.5) is 0 Å². The van der Waals surface area contributed by atoms with Crippen molar-refractivity contribution in [2.45, 2.75) is 82.7 Å². The lowest BCUT2D eigenvalue weighted by Gasteiger charge is -2.51. The number of hydrogen-bond acceptors (Lipinski definition) is 6. The van der Waals surface area contributed by atoms with E-state index < -0.39 is 9.84 Å². The number of nitrogens with zero attached hydrogens (tertiary/aromatic N) is 2. The van der Waals surface area contributed by atoms with E-state index in [1.54, 1.807) is 12.1 Å². The van der Waals surface area contributed by atoms with Gasteiger partial charge in [-0.2, -0.15) is 0 Å². The first-order valence-corrected chi connectivity index (χ1v) is 16.5. The molecule has 3 amide bonds. The summed E-state index contributed by atoms with van der Waals surface area (Å²) in [5, 5.41) is 10.1. The molecule has 0 aliphatic carbocycles. The van der Waals surface area contributed by atoms with Gasteiger partial charge in [-0.05, 0) is 80.0 Å². The normalized spacial score (nSPS) is 27.7. The van der Waals surface area contributed by atoms with E-state index in [9.17, 15) is 22.8 Å². The van der Waals surface area contributed by atoms with Gasteiger partial charge < -0.3 is 20.2 Å². The molecular weight excluding hydrogens is 546 g/mol. The monoisotopic (exact) mass is 591 g/mol. The molecule has 0 unspecified atom stereocenters. The highest BCUT2D eigenvalue weighted by Crippen LogP contribution is 2.37. The molecule has 3 fully saturated rings. The molecule has 41 heavy (non-hydrogen) atoms. The Morgan fingerprint density at radius 1 is 1.07 bits per heavy atom. The van der Waals surface area contributed by atoms with Gasteiger partial charge in [0.2, 0.25) is 11.8 Å². The molecule has 11 heteroatoms. The van der Waals surface area contributed by atoms with Crippen molar-refractivity contribution >= 4 is 34.0 Å². The number of likely N-dealkylation sites (tertiary alicyclic amines) is 1. The number of sulfone groups is 1. The van der Waals surface area contributed by atoms with E-state index in [-0.39, 0.29) is 58.9 Å². The van der Waals surface area contributed by atoms with Gasteiger partial charge in [-0.3, -0.25) is 19.2 Å². The highest BCUT2D eigenvalue weighted by Gasteiger charge is 2.43. The van der Waals surface area contributed by atoms with Crippen LogP contribution in [0, 0.1) is 23.7 Å². The van der Waals surface area contributed by atoms with Gasteiger partial charge in [-0.1, -0.05) is 20.8 Å². The van der Waals surface area contributed by atoms with Crippen LogP contribution in [0.25, 0.3) is 0 Å². The zero-order chi connectivity index (χ0) is 30.3. The van der Waals surface area contributed by atoms with Crippen LogP contribution in [0.2, 0.25) is 0 Å². The highest BCUT2D eigenvalue weighted by molar-refractivity contribution is 7.90. The maximum absolute atomic E-state index is 13.5. The first-order chi connectivity index (χ1) is 19.3. The fourth-order valence-corrected chi connectivity index (χ4v) is 7.13. The van der Waals surface area contributed by atoms with Gasteiger partial charge in [0, 0.05) is 56.4 Å². The van der Waals surface area contributed by atoms with Crippen LogP contribution >= 0.6 is 0 Å². The maximum Gasteiger partial charge on any atom is 0.290 e. The van der Waals surface area contributed by atoms with E-state index in [4.69, 9.17) is 9.90 Å². The second-order valence-electron chi connectivity index (χ2n) is 12.3. The van der Waals surface area contributed by atoms with Crippen molar-refractivity contribution < 1.29 is 32.7 Å². The number of piperidine rings is 2. The van der Waals surface area contributed by atoms with Crippen molar-refractivity contribution in [3.63, 3.8) is 0 Å². The molecule has 3 aliphatic rings. The van der Waals surface area contributed by atoms with E-state index in [1.807, 2.05) is 4.90 Å². The lowest BCUT2D eigenvalue weighted by molar-refractivity contribution is -0.141. The van der Waals surface area contributed by atoms with Crippen LogP contribution in [0.5, 0.6) is 0 Å². The van der Waals surface area contributed by atoms with E-state index in [0.717, 1.165) is 31.9 Å². The lowest BCUT2D eigenvalue weighted by atomic mass is 9.77. The van der Waals surface area contributed by atoms with Gasteiger partial charge in [0.15, 0.2) is 9.84 Å². The molecule has 2 bridgehead atoms. The highest BCUT2D eigenvalue weighted by atomic mass is 32.2. The average molecular weight is 592 g/mol. The Morgan fingerprint density at radius 3 is 2.34 bits per heavy atom. The summed E-state index contributed by atoms with van der Waals surface area (Å²) in [5.41, 5.74) is 0.477. The number of rotatable bonds is 3. The third-order valence-electron chi connectivity index (χ3n) is 8.65. The van der Waals surface area contributed by atoms with Crippen LogP contribution in [-0.2, 0) is 24.2 Å². The van der Waals surface area contributed by atoms with Crippen LogP contribution in [0.1, 0.15) is 76.1 Å². The topological polar surface area (TPSA) is 141 Å². The number of amides is 3. The minimum absolute atomic E-state index is 0.0172.